The number of nitrogens with one attached hydrogen (secondary N) is 2. The van der Waals surface area contributed by atoms with Gasteiger partial charge in [0, 0.05) is 24.5 Å². The minimum Gasteiger partial charge on any atom is -0.341 e. The predicted molar refractivity (Wildman–Crippen MR) is 110 cm³/mol. The summed E-state index contributed by atoms with van der Waals surface area (Å²) in [5.74, 6) is 1.81. The third kappa shape index (κ3) is 4.34. The van der Waals surface area contributed by atoms with E-state index < -0.39 is 0 Å². The lowest BCUT2D eigenvalue weighted by atomic mass is 10.1. The Balaban J connectivity index is 1.66. The van der Waals surface area contributed by atoms with Crippen molar-refractivity contribution in [2.24, 2.45) is 0 Å². The molecular weight excluding hydrogens is 336 g/mol. The summed E-state index contributed by atoms with van der Waals surface area (Å²) >= 11 is 0. The van der Waals surface area contributed by atoms with Gasteiger partial charge in [-0.15, -0.1) is 0 Å². The Bertz CT molecular complexity index is 899. The maximum Gasteiger partial charge on any atom is 0.233 e. The monoisotopic (exact) mass is 360 g/mol. The highest BCUT2D eigenvalue weighted by Gasteiger charge is 2.17. The number of rotatable bonds is 5. The van der Waals surface area contributed by atoms with Crippen LogP contribution in [0.1, 0.15) is 24.0 Å². The van der Waals surface area contributed by atoms with Crippen molar-refractivity contribution in [1.29, 1.82) is 0 Å². The van der Waals surface area contributed by atoms with Crippen LogP contribution in [-0.4, -0.2) is 28.0 Å². The smallest absolute Gasteiger partial charge is 0.233 e. The summed E-state index contributed by atoms with van der Waals surface area (Å²) in [7, 11) is 0. The van der Waals surface area contributed by atoms with E-state index >= 15 is 0 Å². The number of nitrogens with zero attached hydrogens (tertiary/aromatic N) is 4. The fourth-order valence-electron chi connectivity index (χ4n) is 3.36. The molecule has 0 unspecified atom stereocenters. The summed E-state index contributed by atoms with van der Waals surface area (Å²) in [5, 5.41) is 6.63. The molecule has 1 saturated heterocycles. The molecule has 0 radical (unpaired) electrons. The highest BCUT2D eigenvalue weighted by molar-refractivity contribution is 5.60. The Labute approximate surface area is 159 Å². The van der Waals surface area contributed by atoms with Crippen molar-refractivity contribution >= 4 is 29.2 Å². The van der Waals surface area contributed by atoms with E-state index in [0.29, 0.717) is 17.8 Å². The molecule has 27 heavy (non-hydrogen) atoms. The van der Waals surface area contributed by atoms with Crippen LogP contribution in [0.5, 0.6) is 0 Å². The minimum absolute atomic E-state index is 0.546. The van der Waals surface area contributed by atoms with Gasteiger partial charge in [0.05, 0.1) is 0 Å². The molecule has 0 atom stereocenters. The zero-order valence-electron chi connectivity index (χ0n) is 15.7. The van der Waals surface area contributed by atoms with Crippen LogP contribution in [0, 0.1) is 13.8 Å². The summed E-state index contributed by atoms with van der Waals surface area (Å²) in [6, 6.07) is 16.3. The van der Waals surface area contributed by atoms with Gasteiger partial charge in [-0.25, -0.2) is 0 Å². The molecule has 0 bridgehead atoms. The number of benzene rings is 2. The van der Waals surface area contributed by atoms with Gasteiger partial charge in [0.2, 0.25) is 17.8 Å². The number of para-hydroxylation sites is 1. The van der Waals surface area contributed by atoms with Gasteiger partial charge >= 0.3 is 0 Å². The largest absolute Gasteiger partial charge is 0.341 e. The molecule has 0 aliphatic carbocycles. The van der Waals surface area contributed by atoms with Crippen LogP contribution in [0.2, 0.25) is 0 Å². The first kappa shape index (κ1) is 17.3. The van der Waals surface area contributed by atoms with Crippen molar-refractivity contribution in [2.75, 3.05) is 28.6 Å². The van der Waals surface area contributed by atoms with Crippen LogP contribution in [0.15, 0.2) is 48.5 Å². The van der Waals surface area contributed by atoms with Crippen LogP contribution >= 0.6 is 0 Å². The summed E-state index contributed by atoms with van der Waals surface area (Å²) in [4.78, 5) is 16.1. The molecule has 3 aromatic rings. The Morgan fingerprint density at radius 1 is 0.741 bits per heavy atom. The molecule has 6 nitrogen and oxygen atoms in total. The van der Waals surface area contributed by atoms with Gasteiger partial charge < -0.3 is 15.5 Å². The molecule has 138 valence electrons. The zero-order valence-corrected chi connectivity index (χ0v) is 15.7. The van der Waals surface area contributed by atoms with Crippen molar-refractivity contribution in [1.82, 2.24) is 15.0 Å². The standard InChI is InChI=1S/C21H24N6/c1-15-12-16(2)14-18(13-15)23-20-24-19(22-17-8-4-3-5-9-17)25-21(26-20)27-10-6-7-11-27/h3-5,8-9,12-14H,6-7,10-11H2,1-2H3,(H2,22,23,24,25,26). The first-order valence-electron chi connectivity index (χ1n) is 9.34. The van der Waals surface area contributed by atoms with Crippen molar-refractivity contribution in [3.8, 4) is 0 Å². The molecule has 6 heteroatoms. The van der Waals surface area contributed by atoms with Crippen molar-refractivity contribution in [2.45, 2.75) is 26.7 Å². The van der Waals surface area contributed by atoms with E-state index in [1.807, 2.05) is 30.3 Å². The summed E-state index contributed by atoms with van der Waals surface area (Å²) in [6.07, 6.45) is 2.35. The molecule has 0 amide bonds. The maximum absolute atomic E-state index is 4.66. The van der Waals surface area contributed by atoms with Crippen molar-refractivity contribution in [3.63, 3.8) is 0 Å². The molecule has 1 aromatic heterocycles. The van der Waals surface area contributed by atoms with E-state index in [4.69, 9.17) is 0 Å². The van der Waals surface area contributed by atoms with E-state index in [-0.39, 0.29) is 0 Å². The Hall–Kier alpha value is -3.15. The molecule has 0 spiro atoms. The van der Waals surface area contributed by atoms with Gasteiger partial charge in [0.15, 0.2) is 0 Å². The third-order valence-electron chi connectivity index (χ3n) is 4.52. The van der Waals surface area contributed by atoms with E-state index in [1.54, 1.807) is 0 Å². The lowest BCUT2D eigenvalue weighted by molar-refractivity contribution is 0.886. The van der Waals surface area contributed by atoms with Crippen LogP contribution < -0.4 is 15.5 Å². The van der Waals surface area contributed by atoms with Crippen molar-refractivity contribution in [3.05, 3.63) is 59.7 Å². The second kappa shape index (κ2) is 7.61. The predicted octanol–water partition coefficient (Wildman–Crippen LogP) is 4.58. The van der Waals surface area contributed by atoms with E-state index in [0.717, 1.165) is 24.5 Å². The average Bonchev–Trinajstić information content (AvgIpc) is 3.16. The van der Waals surface area contributed by atoms with Crippen LogP contribution in [-0.2, 0) is 0 Å². The minimum atomic E-state index is 0.546. The first-order valence-corrected chi connectivity index (χ1v) is 9.34. The zero-order chi connectivity index (χ0) is 18.6. The van der Waals surface area contributed by atoms with E-state index in [2.05, 4.69) is 62.5 Å². The quantitative estimate of drug-likeness (QED) is 0.694. The highest BCUT2D eigenvalue weighted by Crippen LogP contribution is 2.23. The third-order valence-corrected chi connectivity index (χ3v) is 4.52. The molecule has 2 heterocycles. The number of hydrogen-bond donors (Lipinski definition) is 2. The van der Waals surface area contributed by atoms with E-state index in [1.165, 1.54) is 24.0 Å². The SMILES string of the molecule is Cc1cc(C)cc(Nc2nc(Nc3ccccc3)nc(N3CCCC3)n2)c1. The second-order valence-electron chi connectivity index (χ2n) is 6.97. The lowest BCUT2D eigenvalue weighted by Gasteiger charge is -2.17. The molecule has 1 fully saturated rings. The summed E-state index contributed by atoms with van der Waals surface area (Å²) in [5.41, 5.74) is 4.34. The number of anilines is 5. The van der Waals surface area contributed by atoms with Crippen molar-refractivity contribution < 1.29 is 0 Å². The second-order valence-corrected chi connectivity index (χ2v) is 6.97. The van der Waals surface area contributed by atoms with Crippen LogP contribution in [0.25, 0.3) is 0 Å². The van der Waals surface area contributed by atoms with Gasteiger partial charge in [0.1, 0.15) is 0 Å². The van der Waals surface area contributed by atoms with Crippen LogP contribution in [0.4, 0.5) is 29.2 Å². The normalized spacial score (nSPS) is 13.6. The topological polar surface area (TPSA) is 66.0 Å². The van der Waals surface area contributed by atoms with Gasteiger partial charge in [-0.3, -0.25) is 0 Å². The van der Waals surface area contributed by atoms with Gasteiger partial charge in [-0.1, -0.05) is 24.3 Å². The molecular formula is C21H24N6. The van der Waals surface area contributed by atoms with Gasteiger partial charge in [0.25, 0.3) is 0 Å². The summed E-state index contributed by atoms with van der Waals surface area (Å²) in [6.45, 7) is 6.14. The number of hydrogen-bond acceptors (Lipinski definition) is 6. The van der Waals surface area contributed by atoms with Gasteiger partial charge in [-0.05, 0) is 62.1 Å². The fourth-order valence-corrected chi connectivity index (χ4v) is 3.36. The Morgan fingerprint density at radius 2 is 1.33 bits per heavy atom. The van der Waals surface area contributed by atoms with Gasteiger partial charge in [-0.2, -0.15) is 15.0 Å². The molecule has 1 aliphatic rings. The Morgan fingerprint density at radius 3 is 1.96 bits per heavy atom. The molecule has 0 saturated carbocycles. The number of aryl methyl sites for hydroxylation is 2. The average molecular weight is 360 g/mol. The maximum atomic E-state index is 4.66. The molecule has 2 aromatic carbocycles. The number of aromatic nitrogens is 3. The van der Waals surface area contributed by atoms with Crippen LogP contribution in [0.3, 0.4) is 0 Å². The lowest BCUT2D eigenvalue weighted by Crippen LogP contribution is -2.21. The molecule has 2 N–H and O–H groups in total. The Kier molecular flexibility index (Phi) is 4.87. The molecule has 4 rings (SSSR count). The first-order chi connectivity index (χ1) is 13.2. The molecule has 1 aliphatic heterocycles. The summed E-state index contributed by atoms with van der Waals surface area (Å²) < 4.78 is 0. The highest BCUT2D eigenvalue weighted by atomic mass is 15.3. The van der Waals surface area contributed by atoms with E-state index in [9.17, 15) is 0 Å². The fraction of sp³-hybridized carbons (Fsp3) is 0.286.